The molecule has 2 bridgehead atoms. The van der Waals surface area contributed by atoms with Crippen LogP contribution in [0.15, 0.2) is 12.1 Å². The highest BCUT2D eigenvalue weighted by Gasteiger charge is 2.43. The maximum atomic E-state index is 4.24. The molecule has 2 fully saturated rings. The first-order valence-corrected chi connectivity index (χ1v) is 5.96. The van der Waals surface area contributed by atoms with Crippen molar-refractivity contribution in [2.45, 2.75) is 32.0 Å². The lowest BCUT2D eigenvalue weighted by Crippen LogP contribution is -2.67. The normalized spacial score (nSPS) is 30.1. The van der Waals surface area contributed by atoms with Gasteiger partial charge in [-0.25, -0.2) is 0 Å². The maximum Gasteiger partial charge on any atom is 0.0771 e. The molecule has 2 atom stereocenters. The lowest BCUT2D eigenvalue weighted by molar-refractivity contribution is -0.0676. The minimum atomic E-state index is 0.742. The molecule has 86 valence electrons. The summed E-state index contributed by atoms with van der Waals surface area (Å²) in [4.78, 5) is 5.00. The van der Waals surface area contributed by atoms with E-state index < -0.39 is 0 Å². The van der Waals surface area contributed by atoms with E-state index in [1.54, 1.807) is 0 Å². The van der Waals surface area contributed by atoms with Crippen LogP contribution in [0, 0.1) is 6.92 Å². The van der Waals surface area contributed by atoms with Gasteiger partial charge >= 0.3 is 0 Å². The van der Waals surface area contributed by atoms with Crippen molar-refractivity contribution < 1.29 is 0 Å². The molecule has 0 radical (unpaired) electrons. The van der Waals surface area contributed by atoms with E-state index in [2.05, 4.69) is 33.1 Å². The lowest BCUT2D eigenvalue weighted by atomic mass is 9.87. The van der Waals surface area contributed by atoms with Gasteiger partial charge in [0.2, 0.25) is 0 Å². The van der Waals surface area contributed by atoms with Crippen LogP contribution in [0.25, 0.3) is 0 Å². The lowest BCUT2D eigenvalue weighted by Gasteiger charge is -2.55. The number of piperazine rings is 1. The van der Waals surface area contributed by atoms with E-state index in [0.717, 1.165) is 30.0 Å². The minimum absolute atomic E-state index is 0.742. The van der Waals surface area contributed by atoms with Crippen molar-refractivity contribution in [2.75, 3.05) is 20.1 Å². The second-order valence-corrected chi connectivity index (χ2v) is 5.10. The summed E-state index contributed by atoms with van der Waals surface area (Å²) in [6, 6.07) is 5.63. The van der Waals surface area contributed by atoms with E-state index in [1.165, 1.54) is 19.5 Å². The third-order valence-electron chi connectivity index (χ3n) is 3.72. The third-order valence-corrected chi connectivity index (χ3v) is 3.72. The highest BCUT2D eigenvalue weighted by molar-refractivity contribution is 5.08. The van der Waals surface area contributed by atoms with Crippen LogP contribution in [0.5, 0.6) is 0 Å². The fraction of sp³-hybridized carbons (Fsp3) is 0.667. The Balaban J connectivity index is 1.66. The number of aryl methyl sites for hydroxylation is 1. The van der Waals surface area contributed by atoms with Crippen LogP contribution < -0.4 is 0 Å². The first-order valence-electron chi connectivity index (χ1n) is 5.96. The van der Waals surface area contributed by atoms with Crippen LogP contribution in [0.1, 0.15) is 17.8 Å². The van der Waals surface area contributed by atoms with Crippen LogP contribution >= 0.6 is 0 Å². The van der Waals surface area contributed by atoms with Crippen molar-refractivity contribution in [3.05, 3.63) is 23.5 Å². The van der Waals surface area contributed by atoms with Crippen molar-refractivity contribution in [3.8, 4) is 0 Å². The zero-order valence-corrected chi connectivity index (χ0v) is 9.93. The predicted octanol–water partition coefficient (Wildman–Crippen LogP) is 0.673. The second kappa shape index (κ2) is 3.79. The molecule has 2 aliphatic rings. The number of likely N-dealkylation sites (N-methyl/N-ethyl adjacent to an activating group) is 1. The summed E-state index contributed by atoms with van der Waals surface area (Å²) in [7, 11) is 2.21. The Morgan fingerprint density at radius 1 is 1.25 bits per heavy atom. The van der Waals surface area contributed by atoms with Gasteiger partial charge in [0.15, 0.2) is 0 Å². The molecule has 1 aromatic rings. The van der Waals surface area contributed by atoms with Crippen LogP contribution in [0.4, 0.5) is 0 Å². The molecule has 16 heavy (non-hydrogen) atoms. The Morgan fingerprint density at radius 2 is 2.00 bits per heavy atom. The molecule has 4 heteroatoms. The van der Waals surface area contributed by atoms with Gasteiger partial charge < -0.3 is 4.90 Å². The van der Waals surface area contributed by atoms with Crippen molar-refractivity contribution in [1.82, 2.24) is 20.0 Å². The molecule has 1 aromatic heterocycles. The fourth-order valence-corrected chi connectivity index (χ4v) is 2.85. The van der Waals surface area contributed by atoms with Gasteiger partial charge in [0.25, 0.3) is 0 Å². The van der Waals surface area contributed by atoms with Gasteiger partial charge in [-0.1, -0.05) is 0 Å². The number of fused-ring (bicyclic) bond motifs is 2. The Labute approximate surface area is 96.3 Å². The zero-order chi connectivity index (χ0) is 11.1. The summed E-state index contributed by atoms with van der Waals surface area (Å²) in [6.45, 7) is 5.35. The summed E-state index contributed by atoms with van der Waals surface area (Å²) in [5.41, 5.74) is 2.09. The Morgan fingerprint density at radius 3 is 2.62 bits per heavy atom. The third kappa shape index (κ3) is 1.72. The highest BCUT2D eigenvalue weighted by Crippen LogP contribution is 2.32. The molecule has 1 unspecified atom stereocenters. The average Bonchev–Trinajstić information content (AvgIpc) is 2.28. The maximum absolute atomic E-state index is 4.24. The molecule has 0 amide bonds. The molecule has 0 spiro atoms. The number of likely N-dealkylation sites (tertiary alicyclic amines) is 2. The topological polar surface area (TPSA) is 32.3 Å². The van der Waals surface area contributed by atoms with Gasteiger partial charge in [-0.05, 0) is 32.5 Å². The zero-order valence-electron chi connectivity index (χ0n) is 9.93. The molecule has 0 aliphatic carbocycles. The number of aromatic nitrogens is 2. The van der Waals surface area contributed by atoms with E-state index in [-0.39, 0.29) is 0 Å². The van der Waals surface area contributed by atoms with E-state index in [9.17, 15) is 0 Å². The number of nitrogens with zero attached hydrogens (tertiary/aromatic N) is 4. The standard InChI is InChI=1S/C12H18N4/c1-9-3-4-10(14-13-9)6-16-11-5-12(16)8-15(2)7-11/h3-4,11-12H,5-8H2,1-2H3/t11-,12?/m0/s1. The number of rotatable bonds is 2. The van der Waals surface area contributed by atoms with Gasteiger partial charge in [-0.3, -0.25) is 4.90 Å². The second-order valence-electron chi connectivity index (χ2n) is 5.10. The predicted molar refractivity (Wildman–Crippen MR) is 62.0 cm³/mol. The molecular weight excluding hydrogens is 200 g/mol. The van der Waals surface area contributed by atoms with Crippen molar-refractivity contribution in [2.24, 2.45) is 0 Å². The minimum Gasteiger partial charge on any atom is -0.303 e. The SMILES string of the molecule is Cc1ccc(CN2C3C[C@H]2CN(C)C3)nn1. The smallest absolute Gasteiger partial charge is 0.0771 e. The van der Waals surface area contributed by atoms with Gasteiger partial charge in [-0.2, -0.15) is 10.2 Å². The molecule has 0 aromatic carbocycles. The van der Waals surface area contributed by atoms with E-state index >= 15 is 0 Å². The Bertz CT molecular complexity index is 363. The van der Waals surface area contributed by atoms with Gasteiger partial charge in [0.1, 0.15) is 0 Å². The monoisotopic (exact) mass is 218 g/mol. The van der Waals surface area contributed by atoms with Gasteiger partial charge in [-0.15, -0.1) is 0 Å². The van der Waals surface area contributed by atoms with Crippen molar-refractivity contribution in [3.63, 3.8) is 0 Å². The molecule has 4 nitrogen and oxygen atoms in total. The molecule has 3 heterocycles. The summed E-state index contributed by atoms with van der Waals surface area (Å²) >= 11 is 0. The molecule has 0 saturated carbocycles. The Kier molecular flexibility index (Phi) is 2.41. The quantitative estimate of drug-likeness (QED) is 0.730. The largest absolute Gasteiger partial charge is 0.303 e. The van der Waals surface area contributed by atoms with Gasteiger partial charge in [0, 0.05) is 31.7 Å². The van der Waals surface area contributed by atoms with Crippen LogP contribution in [-0.4, -0.2) is 52.2 Å². The fourth-order valence-electron chi connectivity index (χ4n) is 2.85. The molecular formula is C12H18N4. The van der Waals surface area contributed by atoms with Crippen LogP contribution in [-0.2, 0) is 6.54 Å². The van der Waals surface area contributed by atoms with Crippen LogP contribution in [0.3, 0.4) is 0 Å². The molecule has 2 saturated heterocycles. The van der Waals surface area contributed by atoms with Crippen molar-refractivity contribution >= 4 is 0 Å². The highest BCUT2D eigenvalue weighted by atomic mass is 15.4. The average molecular weight is 218 g/mol. The summed E-state index contributed by atoms with van der Waals surface area (Å²) in [6.07, 6.45) is 1.36. The summed E-state index contributed by atoms with van der Waals surface area (Å²) < 4.78 is 0. The number of hydrogen-bond acceptors (Lipinski definition) is 4. The molecule has 3 rings (SSSR count). The van der Waals surface area contributed by atoms with Crippen molar-refractivity contribution in [1.29, 1.82) is 0 Å². The van der Waals surface area contributed by atoms with E-state index in [1.807, 2.05) is 13.0 Å². The molecule has 0 N–H and O–H groups in total. The number of hydrogen-bond donors (Lipinski definition) is 0. The first kappa shape index (κ1) is 10.2. The summed E-state index contributed by atoms with van der Waals surface area (Å²) in [5, 5.41) is 8.35. The molecule has 2 aliphatic heterocycles. The van der Waals surface area contributed by atoms with Crippen LogP contribution in [0.2, 0.25) is 0 Å². The summed E-state index contributed by atoms with van der Waals surface area (Å²) in [5.74, 6) is 0. The number of piperidine rings is 1. The van der Waals surface area contributed by atoms with Gasteiger partial charge in [0.05, 0.1) is 11.4 Å². The van der Waals surface area contributed by atoms with E-state index in [4.69, 9.17) is 0 Å². The Hall–Kier alpha value is -1.00. The first-order chi connectivity index (χ1) is 7.72. The van der Waals surface area contributed by atoms with E-state index in [0.29, 0.717) is 0 Å².